The molecule has 1 heterocycles. The molecule has 2 N–H and O–H groups in total. The first-order valence-corrected chi connectivity index (χ1v) is 7.87. The normalized spacial score (nSPS) is 13.1. The zero-order valence-corrected chi connectivity index (χ0v) is 15.7. The highest BCUT2D eigenvalue weighted by atomic mass is 127. The van der Waals surface area contributed by atoms with Crippen molar-refractivity contribution in [2.24, 2.45) is 4.99 Å². The number of hydrogen-bond donors (Lipinski definition) is 2. The van der Waals surface area contributed by atoms with Crippen molar-refractivity contribution in [1.29, 1.82) is 0 Å². The van der Waals surface area contributed by atoms with E-state index >= 15 is 0 Å². The van der Waals surface area contributed by atoms with Gasteiger partial charge in [0.15, 0.2) is 5.96 Å². The minimum absolute atomic E-state index is 0. The summed E-state index contributed by atoms with van der Waals surface area (Å²) in [5.41, 5.74) is 1.37. The minimum Gasteiger partial charge on any atom is -0.357 e. The number of nitrogens with one attached hydrogen (secondary N) is 2. The van der Waals surface area contributed by atoms with E-state index < -0.39 is 0 Å². The van der Waals surface area contributed by atoms with Crippen molar-refractivity contribution in [3.8, 4) is 0 Å². The zero-order chi connectivity index (χ0) is 13.9. The van der Waals surface area contributed by atoms with E-state index in [1.54, 1.807) is 11.3 Å². The molecule has 0 spiro atoms. The minimum atomic E-state index is 0. The number of thiophene rings is 1. The van der Waals surface area contributed by atoms with Gasteiger partial charge in [-0.2, -0.15) is 11.3 Å². The highest BCUT2D eigenvalue weighted by Crippen LogP contribution is 2.18. The van der Waals surface area contributed by atoms with Crippen LogP contribution in [0.5, 0.6) is 0 Å². The van der Waals surface area contributed by atoms with Gasteiger partial charge < -0.3 is 10.6 Å². The van der Waals surface area contributed by atoms with E-state index in [0.29, 0.717) is 5.92 Å². The quantitative estimate of drug-likeness (QED) is 0.236. The summed E-state index contributed by atoms with van der Waals surface area (Å²) in [6, 6.07) is 2.18. The average molecular weight is 407 g/mol. The predicted octanol–water partition coefficient (Wildman–Crippen LogP) is 3.99. The Kier molecular flexibility index (Phi) is 11.9. The molecule has 1 aromatic rings. The van der Waals surface area contributed by atoms with Crippen LogP contribution in [0.3, 0.4) is 0 Å². The van der Waals surface area contributed by atoms with Crippen LogP contribution in [0.2, 0.25) is 0 Å². The van der Waals surface area contributed by atoms with Gasteiger partial charge in [-0.1, -0.05) is 19.1 Å². The van der Waals surface area contributed by atoms with Crippen LogP contribution in [0, 0.1) is 0 Å². The summed E-state index contributed by atoms with van der Waals surface area (Å²) in [5, 5.41) is 10.9. The number of hydrogen-bond acceptors (Lipinski definition) is 2. The molecule has 0 radical (unpaired) electrons. The molecule has 3 nitrogen and oxygen atoms in total. The lowest BCUT2D eigenvalue weighted by Crippen LogP contribution is -2.37. The standard InChI is InChI=1S/C15H25N3S.HI/c1-4-6-7-9-17-15(16-5-2)18-11-13(3)14-8-10-19-12-14;/h4,6,8,10,12-13H,5,7,9,11H2,1-3H3,(H2,16,17,18);1H/b6-4+;. The fourth-order valence-corrected chi connectivity index (χ4v) is 2.45. The lowest BCUT2D eigenvalue weighted by molar-refractivity contribution is 0.750. The Labute approximate surface area is 144 Å². The Morgan fingerprint density at radius 2 is 2.25 bits per heavy atom. The molecule has 0 aliphatic carbocycles. The summed E-state index contributed by atoms with van der Waals surface area (Å²) in [4.78, 5) is 4.64. The van der Waals surface area contributed by atoms with Crippen molar-refractivity contribution in [2.75, 3.05) is 19.6 Å². The van der Waals surface area contributed by atoms with Crippen molar-refractivity contribution in [3.05, 3.63) is 34.5 Å². The first kappa shape index (κ1) is 19.4. The van der Waals surface area contributed by atoms with Crippen LogP contribution in [-0.2, 0) is 0 Å². The SMILES string of the molecule is C/C=C/CCNC(=NCC(C)c1ccsc1)NCC.I. The Morgan fingerprint density at radius 3 is 2.85 bits per heavy atom. The second kappa shape index (κ2) is 12.2. The molecule has 20 heavy (non-hydrogen) atoms. The molecular weight excluding hydrogens is 381 g/mol. The number of halogens is 1. The fourth-order valence-electron chi connectivity index (χ4n) is 1.67. The number of guanidine groups is 1. The van der Waals surface area contributed by atoms with E-state index in [2.05, 4.69) is 58.5 Å². The van der Waals surface area contributed by atoms with Gasteiger partial charge in [-0.25, -0.2) is 0 Å². The van der Waals surface area contributed by atoms with Gasteiger partial charge in [0.2, 0.25) is 0 Å². The van der Waals surface area contributed by atoms with Crippen LogP contribution in [0.15, 0.2) is 34.0 Å². The van der Waals surface area contributed by atoms with Gasteiger partial charge in [0.05, 0.1) is 0 Å². The monoisotopic (exact) mass is 407 g/mol. The van der Waals surface area contributed by atoms with Crippen LogP contribution in [0.1, 0.15) is 38.7 Å². The molecule has 0 fully saturated rings. The van der Waals surface area contributed by atoms with E-state index in [1.807, 2.05) is 6.92 Å². The molecular formula is C15H26IN3S. The lowest BCUT2D eigenvalue weighted by atomic mass is 10.1. The van der Waals surface area contributed by atoms with Crippen molar-refractivity contribution in [2.45, 2.75) is 33.1 Å². The molecule has 0 aliphatic rings. The van der Waals surface area contributed by atoms with E-state index in [4.69, 9.17) is 0 Å². The summed E-state index contributed by atoms with van der Waals surface area (Å²) in [6.45, 7) is 8.98. The van der Waals surface area contributed by atoms with Crippen molar-refractivity contribution in [3.63, 3.8) is 0 Å². The number of allylic oxidation sites excluding steroid dienone is 1. The third-order valence-corrected chi connectivity index (χ3v) is 3.52. The summed E-state index contributed by atoms with van der Waals surface area (Å²) < 4.78 is 0. The molecule has 1 unspecified atom stereocenters. The van der Waals surface area contributed by atoms with Gasteiger partial charge in [0.25, 0.3) is 0 Å². The number of nitrogens with zero attached hydrogens (tertiary/aromatic N) is 1. The first-order valence-electron chi connectivity index (χ1n) is 6.93. The zero-order valence-electron chi connectivity index (χ0n) is 12.6. The maximum Gasteiger partial charge on any atom is 0.191 e. The molecule has 0 bridgehead atoms. The maximum absolute atomic E-state index is 4.64. The van der Waals surface area contributed by atoms with Crippen molar-refractivity contribution in [1.82, 2.24) is 10.6 Å². The number of aliphatic imine (C=N–C) groups is 1. The fraction of sp³-hybridized carbons (Fsp3) is 0.533. The first-order chi connectivity index (χ1) is 9.27. The third kappa shape index (κ3) is 7.89. The molecule has 0 aliphatic heterocycles. The molecule has 0 amide bonds. The third-order valence-electron chi connectivity index (χ3n) is 2.82. The molecule has 5 heteroatoms. The highest BCUT2D eigenvalue weighted by Gasteiger charge is 2.05. The van der Waals surface area contributed by atoms with E-state index in [9.17, 15) is 0 Å². The van der Waals surface area contributed by atoms with Gasteiger partial charge in [0.1, 0.15) is 0 Å². The second-order valence-corrected chi connectivity index (χ2v) is 5.24. The van der Waals surface area contributed by atoms with Crippen molar-refractivity contribution >= 4 is 41.3 Å². The van der Waals surface area contributed by atoms with Crippen LogP contribution < -0.4 is 10.6 Å². The molecule has 0 saturated carbocycles. The van der Waals surface area contributed by atoms with Gasteiger partial charge in [0, 0.05) is 25.6 Å². The molecule has 0 aromatic carbocycles. The molecule has 1 aromatic heterocycles. The summed E-state index contributed by atoms with van der Waals surface area (Å²) >= 11 is 1.74. The van der Waals surface area contributed by atoms with Crippen molar-refractivity contribution < 1.29 is 0 Å². The highest BCUT2D eigenvalue weighted by molar-refractivity contribution is 14.0. The predicted molar refractivity (Wildman–Crippen MR) is 102 cm³/mol. The molecule has 114 valence electrons. The average Bonchev–Trinajstić information content (AvgIpc) is 2.94. The lowest BCUT2D eigenvalue weighted by Gasteiger charge is -2.12. The molecule has 0 saturated heterocycles. The Balaban J connectivity index is 0.00000361. The van der Waals surface area contributed by atoms with E-state index in [1.165, 1.54) is 5.56 Å². The summed E-state index contributed by atoms with van der Waals surface area (Å²) in [6.07, 6.45) is 5.26. The van der Waals surface area contributed by atoms with Crippen LogP contribution in [-0.4, -0.2) is 25.6 Å². The maximum atomic E-state index is 4.64. The largest absolute Gasteiger partial charge is 0.357 e. The van der Waals surface area contributed by atoms with Gasteiger partial charge >= 0.3 is 0 Å². The topological polar surface area (TPSA) is 36.4 Å². The molecule has 1 rings (SSSR count). The van der Waals surface area contributed by atoms with Gasteiger partial charge in [-0.3, -0.25) is 4.99 Å². The second-order valence-electron chi connectivity index (χ2n) is 4.46. The Bertz CT molecular complexity index is 388. The molecule has 1 atom stereocenters. The summed E-state index contributed by atoms with van der Waals surface area (Å²) in [7, 11) is 0. The van der Waals surface area contributed by atoms with Crippen LogP contribution in [0.25, 0.3) is 0 Å². The van der Waals surface area contributed by atoms with E-state index in [0.717, 1.165) is 32.0 Å². The number of rotatable bonds is 7. The Hall–Kier alpha value is -0.560. The van der Waals surface area contributed by atoms with Gasteiger partial charge in [-0.05, 0) is 42.7 Å². The van der Waals surface area contributed by atoms with Crippen LogP contribution in [0.4, 0.5) is 0 Å². The van der Waals surface area contributed by atoms with Crippen LogP contribution >= 0.6 is 35.3 Å². The van der Waals surface area contributed by atoms with Gasteiger partial charge in [-0.15, -0.1) is 24.0 Å². The smallest absolute Gasteiger partial charge is 0.191 e. The Morgan fingerprint density at radius 1 is 1.45 bits per heavy atom. The summed E-state index contributed by atoms with van der Waals surface area (Å²) in [5.74, 6) is 1.38. The van der Waals surface area contributed by atoms with E-state index in [-0.39, 0.29) is 24.0 Å².